The largest absolute Gasteiger partial charge is 0.399 e. The molecule has 2 N–H and O–H groups in total. The maximum atomic E-state index is 5.65. The van der Waals surface area contributed by atoms with Crippen LogP contribution in [-0.4, -0.2) is 10.2 Å². The van der Waals surface area contributed by atoms with Gasteiger partial charge in [0.1, 0.15) is 0 Å². The van der Waals surface area contributed by atoms with E-state index in [1.165, 1.54) is 6.42 Å². The van der Waals surface area contributed by atoms with Gasteiger partial charge < -0.3 is 5.73 Å². The van der Waals surface area contributed by atoms with Crippen LogP contribution in [0.25, 0.3) is 0 Å². The molecule has 0 amide bonds. The number of aromatic nitrogens is 1. The Hall–Kier alpha value is -0.700. The van der Waals surface area contributed by atoms with Crippen LogP contribution in [0, 0.1) is 0 Å². The van der Waals surface area contributed by atoms with Crippen molar-refractivity contribution in [2.75, 3.05) is 5.73 Å². The van der Waals surface area contributed by atoms with Crippen LogP contribution in [0.1, 0.15) is 26.0 Å². The Balaban J connectivity index is 2.45. The minimum atomic E-state index is 0.697. The van der Waals surface area contributed by atoms with E-state index in [-0.39, 0.29) is 0 Å². The molecule has 0 aliphatic carbocycles. The fraction of sp³-hybridized carbons (Fsp3) is 0.500. The molecule has 1 aromatic rings. The van der Waals surface area contributed by atoms with Gasteiger partial charge in [-0.15, -0.1) is 0 Å². The van der Waals surface area contributed by atoms with Crippen LogP contribution < -0.4 is 5.73 Å². The van der Waals surface area contributed by atoms with Crippen molar-refractivity contribution in [3.63, 3.8) is 0 Å². The summed E-state index contributed by atoms with van der Waals surface area (Å²) in [6.07, 6.45) is 2.97. The summed E-state index contributed by atoms with van der Waals surface area (Å²) < 4.78 is 0. The zero-order valence-electron chi connectivity index (χ0n) is 8.16. The normalized spacial score (nSPS) is 12.8. The second-order valence-electron chi connectivity index (χ2n) is 3.11. The molecule has 0 radical (unpaired) electrons. The van der Waals surface area contributed by atoms with Crippen molar-refractivity contribution in [3.8, 4) is 0 Å². The Bertz CT molecular complexity index is 263. The fourth-order valence-electron chi connectivity index (χ4n) is 0.921. The molecule has 3 heteroatoms. The number of rotatable bonds is 4. The predicted octanol–water partition coefficient (Wildman–Crippen LogP) is 2.70. The molecule has 0 saturated carbocycles. The van der Waals surface area contributed by atoms with Crippen molar-refractivity contribution in [1.29, 1.82) is 0 Å². The summed E-state index contributed by atoms with van der Waals surface area (Å²) in [5.41, 5.74) is 7.52. The van der Waals surface area contributed by atoms with Gasteiger partial charge in [-0.25, -0.2) is 0 Å². The minimum absolute atomic E-state index is 0.697. The van der Waals surface area contributed by atoms with Crippen LogP contribution in [0.3, 0.4) is 0 Å². The zero-order valence-corrected chi connectivity index (χ0v) is 8.97. The number of nitrogen functional groups attached to an aromatic ring is 1. The number of nitrogens with two attached hydrogens (primary N) is 1. The summed E-state index contributed by atoms with van der Waals surface area (Å²) in [4.78, 5) is 4.24. The third-order valence-electron chi connectivity index (χ3n) is 1.93. The first kappa shape index (κ1) is 10.4. The van der Waals surface area contributed by atoms with E-state index in [2.05, 4.69) is 18.8 Å². The topological polar surface area (TPSA) is 38.9 Å². The molecular formula is C10H16N2S. The molecule has 0 spiro atoms. The van der Waals surface area contributed by atoms with E-state index in [4.69, 9.17) is 5.73 Å². The van der Waals surface area contributed by atoms with E-state index in [9.17, 15) is 0 Å². The van der Waals surface area contributed by atoms with E-state index in [0.717, 1.165) is 17.1 Å². The van der Waals surface area contributed by atoms with Crippen LogP contribution in [0.15, 0.2) is 18.3 Å². The lowest BCUT2D eigenvalue weighted by Gasteiger charge is -2.07. The molecule has 0 saturated heterocycles. The molecule has 1 rings (SSSR count). The summed E-state index contributed by atoms with van der Waals surface area (Å²) in [6.45, 7) is 4.43. The second-order valence-corrected chi connectivity index (χ2v) is 4.54. The second kappa shape index (κ2) is 5.12. The van der Waals surface area contributed by atoms with E-state index in [1.54, 1.807) is 6.20 Å². The number of hydrogen-bond donors (Lipinski definition) is 1. The smallest absolute Gasteiger partial charge is 0.0523 e. The number of hydrogen-bond acceptors (Lipinski definition) is 3. The summed E-state index contributed by atoms with van der Waals surface area (Å²) >= 11 is 1.92. The van der Waals surface area contributed by atoms with Crippen molar-refractivity contribution in [1.82, 2.24) is 4.98 Å². The third-order valence-corrected chi connectivity index (χ3v) is 3.30. The van der Waals surface area contributed by atoms with Crippen LogP contribution in [0.2, 0.25) is 0 Å². The summed E-state index contributed by atoms with van der Waals surface area (Å²) in [5, 5.41) is 0.697. The maximum Gasteiger partial charge on any atom is 0.0523 e. The van der Waals surface area contributed by atoms with Gasteiger partial charge in [0.25, 0.3) is 0 Å². The molecular weight excluding hydrogens is 180 g/mol. The molecule has 0 aromatic carbocycles. The van der Waals surface area contributed by atoms with Gasteiger partial charge in [-0.3, -0.25) is 4.98 Å². The number of thioether (sulfide) groups is 1. The van der Waals surface area contributed by atoms with E-state index in [0.29, 0.717) is 5.25 Å². The van der Waals surface area contributed by atoms with Crippen molar-refractivity contribution in [2.24, 2.45) is 0 Å². The van der Waals surface area contributed by atoms with Gasteiger partial charge >= 0.3 is 0 Å². The summed E-state index contributed by atoms with van der Waals surface area (Å²) in [7, 11) is 0. The molecule has 1 aromatic heterocycles. The lowest BCUT2D eigenvalue weighted by atomic mass is 10.3. The lowest BCUT2D eigenvalue weighted by molar-refractivity contribution is 0.904. The quantitative estimate of drug-likeness (QED) is 0.804. The Kier molecular flexibility index (Phi) is 4.09. The third kappa shape index (κ3) is 3.68. The molecule has 0 aliphatic rings. The summed E-state index contributed by atoms with van der Waals surface area (Å²) in [5.74, 6) is 0.958. The van der Waals surface area contributed by atoms with Crippen LogP contribution in [0.4, 0.5) is 5.69 Å². The number of pyridine rings is 1. The van der Waals surface area contributed by atoms with Gasteiger partial charge in [-0.05, 0) is 18.6 Å². The van der Waals surface area contributed by atoms with E-state index >= 15 is 0 Å². The van der Waals surface area contributed by atoms with Gasteiger partial charge in [0.15, 0.2) is 0 Å². The molecule has 0 bridgehead atoms. The molecule has 0 aliphatic heterocycles. The first-order valence-corrected chi connectivity index (χ1v) is 5.59. The Morgan fingerprint density at radius 2 is 2.38 bits per heavy atom. The Morgan fingerprint density at radius 3 is 3.00 bits per heavy atom. The average Bonchev–Trinajstić information content (AvgIpc) is 2.14. The molecule has 1 unspecified atom stereocenters. The highest BCUT2D eigenvalue weighted by atomic mass is 32.2. The standard InChI is InChI=1S/C10H16N2S/c1-3-8(2)13-7-10-6-9(11)4-5-12-10/h4-6,8H,3,7H2,1-2H3,(H2,11,12). The van der Waals surface area contributed by atoms with Crippen molar-refractivity contribution in [2.45, 2.75) is 31.3 Å². The van der Waals surface area contributed by atoms with Crippen molar-refractivity contribution in [3.05, 3.63) is 24.0 Å². The average molecular weight is 196 g/mol. The van der Waals surface area contributed by atoms with Gasteiger partial charge in [-0.2, -0.15) is 11.8 Å². The number of anilines is 1. The molecule has 0 fully saturated rings. The maximum absolute atomic E-state index is 5.65. The van der Waals surface area contributed by atoms with Crippen molar-refractivity contribution < 1.29 is 0 Å². The van der Waals surface area contributed by atoms with E-state index < -0.39 is 0 Å². The van der Waals surface area contributed by atoms with Gasteiger partial charge in [0, 0.05) is 22.9 Å². The van der Waals surface area contributed by atoms with E-state index in [1.807, 2.05) is 23.9 Å². The molecule has 13 heavy (non-hydrogen) atoms. The highest BCUT2D eigenvalue weighted by Gasteiger charge is 2.00. The van der Waals surface area contributed by atoms with Crippen molar-refractivity contribution >= 4 is 17.4 Å². The van der Waals surface area contributed by atoms with Crippen LogP contribution in [0.5, 0.6) is 0 Å². The predicted molar refractivity (Wildman–Crippen MR) is 59.7 cm³/mol. The summed E-state index contributed by atoms with van der Waals surface area (Å²) in [6, 6.07) is 3.76. The van der Waals surface area contributed by atoms with Gasteiger partial charge in [-0.1, -0.05) is 13.8 Å². The molecule has 72 valence electrons. The minimum Gasteiger partial charge on any atom is -0.399 e. The van der Waals surface area contributed by atoms with Crippen LogP contribution >= 0.6 is 11.8 Å². The highest BCUT2D eigenvalue weighted by Crippen LogP contribution is 2.19. The SMILES string of the molecule is CCC(C)SCc1cc(N)ccn1. The number of nitrogens with zero attached hydrogens (tertiary/aromatic N) is 1. The highest BCUT2D eigenvalue weighted by molar-refractivity contribution is 7.99. The Morgan fingerprint density at radius 1 is 1.62 bits per heavy atom. The fourth-order valence-corrected chi connectivity index (χ4v) is 1.77. The monoisotopic (exact) mass is 196 g/mol. The van der Waals surface area contributed by atoms with Crippen LogP contribution in [-0.2, 0) is 5.75 Å². The molecule has 1 heterocycles. The first-order valence-electron chi connectivity index (χ1n) is 4.54. The van der Waals surface area contributed by atoms with Gasteiger partial charge in [0.2, 0.25) is 0 Å². The zero-order chi connectivity index (χ0) is 9.68. The first-order chi connectivity index (χ1) is 6.22. The molecule has 2 nitrogen and oxygen atoms in total. The van der Waals surface area contributed by atoms with Gasteiger partial charge in [0.05, 0.1) is 5.69 Å². The Labute approximate surface area is 83.9 Å². The molecule has 1 atom stereocenters. The lowest BCUT2D eigenvalue weighted by Crippen LogP contribution is -1.96.